The highest BCUT2D eigenvalue weighted by atomic mass is 127. The Labute approximate surface area is 132 Å². The second-order valence-corrected chi connectivity index (χ2v) is 5.85. The smallest absolute Gasteiger partial charge is 0.335 e. The van der Waals surface area contributed by atoms with Crippen molar-refractivity contribution < 1.29 is 14.6 Å². The van der Waals surface area contributed by atoms with E-state index in [0.29, 0.717) is 6.61 Å². The Morgan fingerprint density at radius 2 is 2.00 bits per heavy atom. The molecule has 0 atom stereocenters. The molecule has 2 aromatic rings. The minimum Gasteiger partial charge on any atom is -0.488 e. The predicted molar refractivity (Wildman–Crippen MR) is 84.6 cm³/mol. The van der Waals surface area contributed by atoms with Gasteiger partial charge < -0.3 is 9.84 Å². The van der Waals surface area contributed by atoms with Crippen molar-refractivity contribution in [2.45, 2.75) is 6.61 Å². The van der Waals surface area contributed by atoms with Crippen molar-refractivity contribution >= 4 is 44.5 Å². The molecule has 0 saturated carbocycles. The van der Waals surface area contributed by atoms with Crippen LogP contribution in [0.3, 0.4) is 0 Å². The Kier molecular flexibility index (Phi) is 4.81. The van der Waals surface area contributed by atoms with Crippen LogP contribution in [0.2, 0.25) is 0 Å². The molecule has 0 heterocycles. The zero-order valence-electron chi connectivity index (χ0n) is 9.77. The number of carboxylic acid groups (broad SMARTS) is 1. The normalized spacial score (nSPS) is 10.2. The molecule has 0 aliphatic rings. The van der Waals surface area contributed by atoms with Gasteiger partial charge in [0, 0.05) is 10.0 Å². The summed E-state index contributed by atoms with van der Waals surface area (Å²) in [6.07, 6.45) is 0. The maximum Gasteiger partial charge on any atom is 0.335 e. The predicted octanol–water partition coefficient (Wildman–Crippen LogP) is 4.33. The summed E-state index contributed by atoms with van der Waals surface area (Å²) in [5, 5.41) is 8.89. The highest BCUT2D eigenvalue weighted by Crippen LogP contribution is 2.24. The zero-order valence-corrected chi connectivity index (χ0v) is 13.5. The summed E-state index contributed by atoms with van der Waals surface area (Å²) in [5.74, 6) is -0.122. The van der Waals surface area contributed by atoms with Crippen LogP contribution in [0.15, 0.2) is 46.9 Å². The molecule has 0 saturated heterocycles. The third-order valence-corrected chi connectivity index (χ3v) is 4.15. The van der Waals surface area contributed by atoms with Gasteiger partial charge in [-0.15, -0.1) is 0 Å². The van der Waals surface area contributed by atoms with Crippen molar-refractivity contribution in [3.05, 3.63) is 61.6 Å². The third kappa shape index (κ3) is 3.70. The largest absolute Gasteiger partial charge is 0.488 e. The van der Waals surface area contributed by atoms with Crippen LogP contribution in [0.4, 0.5) is 0 Å². The molecule has 0 radical (unpaired) electrons. The average molecular weight is 433 g/mol. The molecule has 0 bridgehead atoms. The standard InChI is InChI=1S/C14H10BrIO3/c15-11-7-9(14(17)18)5-6-10(11)8-19-13-4-2-1-3-12(13)16/h1-7H,8H2,(H,17,18). The number of hydrogen-bond donors (Lipinski definition) is 1. The van der Waals surface area contributed by atoms with E-state index in [-0.39, 0.29) is 5.56 Å². The lowest BCUT2D eigenvalue weighted by atomic mass is 10.1. The Bertz CT molecular complexity index is 613. The Morgan fingerprint density at radius 1 is 1.26 bits per heavy atom. The van der Waals surface area contributed by atoms with Crippen molar-refractivity contribution in [1.82, 2.24) is 0 Å². The second kappa shape index (κ2) is 6.38. The van der Waals surface area contributed by atoms with Gasteiger partial charge in [0.2, 0.25) is 0 Å². The third-order valence-electron chi connectivity index (χ3n) is 2.52. The van der Waals surface area contributed by atoms with Crippen LogP contribution in [0.5, 0.6) is 5.75 Å². The summed E-state index contributed by atoms with van der Waals surface area (Å²) in [5.41, 5.74) is 1.16. The molecule has 0 unspecified atom stereocenters. The van der Waals surface area contributed by atoms with Crippen LogP contribution in [0.1, 0.15) is 15.9 Å². The van der Waals surface area contributed by atoms with E-state index in [9.17, 15) is 4.79 Å². The number of ether oxygens (including phenoxy) is 1. The molecule has 0 aromatic heterocycles. The van der Waals surface area contributed by atoms with Crippen LogP contribution in [0.25, 0.3) is 0 Å². The van der Waals surface area contributed by atoms with Gasteiger partial charge in [-0.3, -0.25) is 0 Å². The highest BCUT2D eigenvalue weighted by Gasteiger charge is 2.08. The van der Waals surface area contributed by atoms with Crippen molar-refractivity contribution in [2.24, 2.45) is 0 Å². The highest BCUT2D eigenvalue weighted by molar-refractivity contribution is 14.1. The number of carbonyl (C=O) groups is 1. The Morgan fingerprint density at radius 3 is 2.63 bits per heavy atom. The molecule has 0 aliphatic carbocycles. The summed E-state index contributed by atoms with van der Waals surface area (Å²) in [7, 11) is 0. The molecule has 2 rings (SSSR count). The van der Waals surface area contributed by atoms with Gasteiger partial charge in [0.25, 0.3) is 0 Å². The topological polar surface area (TPSA) is 46.5 Å². The lowest BCUT2D eigenvalue weighted by molar-refractivity contribution is 0.0696. The molecule has 19 heavy (non-hydrogen) atoms. The molecule has 0 amide bonds. The summed E-state index contributed by atoms with van der Waals surface area (Å²) in [4.78, 5) is 10.8. The molecular weight excluding hydrogens is 423 g/mol. The minimum atomic E-state index is -0.939. The van der Waals surface area contributed by atoms with Gasteiger partial charge in [-0.2, -0.15) is 0 Å². The van der Waals surface area contributed by atoms with Gasteiger partial charge in [0.15, 0.2) is 0 Å². The fraction of sp³-hybridized carbons (Fsp3) is 0.0714. The van der Waals surface area contributed by atoms with Crippen LogP contribution in [0, 0.1) is 3.57 Å². The molecule has 98 valence electrons. The van der Waals surface area contributed by atoms with E-state index in [0.717, 1.165) is 19.4 Å². The van der Waals surface area contributed by atoms with Crippen molar-refractivity contribution in [1.29, 1.82) is 0 Å². The quantitative estimate of drug-likeness (QED) is 0.731. The Hall–Kier alpha value is -1.08. The molecule has 0 spiro atoms. The monoisotopic (exact) mass is 432 g/mol. The van der Waals surface area contributed by atoms with E-state index < -0.39 is 5.97 Å². The second-order valence-electron chi connectivity index (χ2n) is 3.83. The SMILES string of the molecule is O=C(O)c1ccc(COc2ccccc2I)c(Br)c1. The van der Waals surface area contributed by atoms with E-state index in [1.165, 1.54) is 0 Å². The number of rotatable bonds is 4. The van der Waals surface area contributed by atoms with E-state index >= 15 is 0 Å². The molecule has 2 aromatic carbocycles. The summed E-state index contributed by atoms with van der Waals surface area (Å²) in [6.45, 7) is 0.389. The van der Waals surface area contributed by atoms with Crippen molar-refractivity contribution in [3.8, 4) is 5.75 Å². The Balaban J connectivity index is 2.12. The number of hydrogen-bond acceptors (Lipinski definition) is 2. The van der Waals surface area contributed by atoms with Gasteiger partial charge in [0.1, 0.15) is 12.4 Å². The van der Waals surface area contributed by atoms with E-state index in [1.807, 2.05) is 24.3 Å². The van der Waals surface area contributed by atoms with Gasteiger partial charge in [-0.25, -0.2) is 4.79 Å². The molecule has 3 nitrogen and oxygen atoms in total. The summed E-state index contributed by atoms with van der Waals surface area (Å²) >= 11 is 5.57. The number of benzene rings is 2. The fourth-order valence-corrected chi connectivity index (χ4v) is 2.55. The van der Waals surface area contributed by atoms with Gasteiger partial charge in [0.05, 0.1) is 9.13 Å². The first-order chi connectivity index (χ1) is 9.08. The maximum atomic E-state index is 10.8. The molecular formula is C14H10BrIO3. The first-order valence-corrected chi connectivity index (χ1v) is 7.34. The average Bonchev–Trinajstić information content (AvgIpc) is 2.39. The summed E-state index contributed by atoms with van der Waals surface area (Å²) in [6, 6.07) is 12.6. The molecule has 1 N–H and O–H groups in total. The maximum absolute atomic E-state index is 10.8. The van der Waals surface area contributed by atoms with E-state index in [1.54, 1.807) is 18.2 Å². The first-order valence-electron chi connectivity index (χ1n) is 5.47. The number of carboxylic acids is 1. The number of aromatic carboxylic acids is 1. The van der Waals surface area contributed by atoms with Gasteiger partial charge in [-0.05, 0) is 46.9 Å². The van der Waals surface area contributed by atoms with Crippen LogP contribution in [-0.4, -0.2) is 11.1 Å². The van der Waals surface area contributed by atoms with Gasteiger partial charge >= 0.3 is 5.97 Å². The summed E-state index contributed by atoms with van der Waals surface area (Å²) < 4.78 is 7.49. The van der Waals surface area contributed by atoms with Crippen LogP contribution in [-0.2, 0) is 6.61 Å². The van der Waals surface area contributed by atoms with Gasteiger partial charge in [-0.1, -0.05) is 34.1 Å². The number of halogens is 2. The van der Waals surface area contributed by atoms with Crippen molar-refractivity contribution in [3.63, 3.8) is 0 Å². The molecule has 5 heteroatoms. The lowest BCUT2D eigenvalue weighted by Crippen LogP contribution is -2.01. The first kappa shape index (κ1) is 14.3. The van der Waals surface area contributed by atoms with Crippen LogP contribution < -0.4 is 4.74 Å². The van der Waals surface area contributed by atoms with E-state index in [2.05, 4.69) is 38.5 Å². The van der Waals surface area contributed by atoms with Crippen molar-refractivity contribution in [2.75, 3.05) is 0 Å². The van der Waals surface area contributed by atoms with E-state index in [4.69, 9.17) is 9.84 Å². The fourth-order valence-electron chi connectivity index (χ4n) is 1.51. The van der Waals surface area contributed by atoms with Crippen LogP contribution >= 0.6 is 38.5 Å². The molecule has 0 aliphatic heterocycles. The molecule has 0 fully saturated rings. The zero-order chi connectivity index (χ0) is 13.8. The minimum absolute atomic E-state index is 0.255. The number of para-hydroxylation sites is 1. The lowest BCUT2D eigenvalue weighted by Gasteiger charge is -2.09.